The van der Waals surface area contributed by atoms with E-state index in [1.165, 1.54) is 24.1 Å². The van der Waals surface area contributed by atoms with Crippen LogP contribution in [0.2, 0.25) is 0 Å². The number of hydrogen-bond donors (Lipinski definition) is 3. The molecule has 2 aliphatic rings. The molecule has 17 heavy (non-hydrogen) atoms. The van der Waals surface area contributed by atoms with Crippen LogP contribution in [0.25, 0.3) is 0 Å². The van der Waals surface area contributed by atoms with Gasteiger partial charge in [-0.2, -0.15) is 5.10 Å². The monoisotopic (exact) mass is 236 g/mol. The molecule has 1 aliphatic carbocycles. The molecule has 1 aliphatic heterocycles. The van der Waals surface area contributed by atoms with Gasteiger partial charge in [0, 0.05) is 36.4 Å². The average molecular weight is 236 g/mol. The largest absolute Gasteiger partial charge is 0.394 e. The second-order valence-electron chi connectivity index (χ2n) is 4.96. The van der Waals surface area contributed by atoms with Crippen LogP contribution in [0.3, 0.4) is 0 Å². The molecule has 1 unspecified atom stereocenters. The van der Waals surface area contributed by atoms with Crippen LogP contribution in [0, 0.1) is 0 Å². The van der Waals surface area contributed by atoms with Gasteiger partial charge in [-0.05, 0) is 19.3 Å². The minimum Gasteiger partial charge on any atom is -0.394 e. The van der Waals surface area contributed by atoms with E-state index in [-0.39, 0.29) is 6.61 Å². The second kappa shape index (κ2) is 4.76. The van der Waals surface area contributed by atoms with E-state index >= 15 is 0 Å². The van der Waals surface area contributed by atoms with E-state index in [2.05, 4.69) is 15.7 Å². The number of aliphatic hydroxyl groups excluding tert-OH is 1. The highest BCUT2D eigenvalue weighted by molar-refractivity contribution is 5.25. The Labute approximate surface area is 101 Å². The summed E-state index contributed by atoms with van der Waals surface area (Å²) in [5.41, 5.74) is 2.66. The Morgan fingerprint density at radius 2 is 2.41 bits per heavy atom. The molecule has 5 heteroatoms. The lowest BCUT2D eigenvalue weighted by Crippen LogP contribution is -2.56. The molecule has 1 atom stereocenters. The maximum Gasteiger partial charge on any atom is 0.0644 e. The second-order valence-corrected chi connectivity index (χ2v) is 4.96. The SMILES string of the molecule is OCCn1ncc2c1CCCC2NC1CNC1. The van der Waals surface area contributed by atoms with Gasteiger partial charge in [0.2, 0.25) is 0 Å². The molecule has 1 aromatic rings. The van der Waals surface area contributed by atoms with E-state index < -0.39 is 0 Å². The first-order valence-corrected chi connectivity index (χ1v) is 6.50. The van der Waals surface area contributed by atoms with Gasteiger partial charge in [0.25, 0.3) is 0 Å². The minimum absolute atomic E-state index is 0.165. The summed E-state index contributed by atoms with van der Waals surface area (Å²) in [6.07, 6.45) is 5.49. The molecule has 0 spiro atoms. The fourth-order valence-corrected chi connectivity index (χ4v) is 2.77. The van der Waals surface area contributed by atoms with Crippen molar-refractivity contribution in [2.45, 2.75) is 37.9 Å². The molecule has 1 saturated heterocycles. The van der Waals surface area contributed by atoms with Crippen LogP contribution in [0.1, 0.15) is 30.1 Å². The van der Waals surface area contributed by atoms with Crippen LogP contribution in [-0.4, -0.2) is 40.6 Å². The van der Waals surface area contributed by atoms with Crippen molar-refractivity contribution < 1.29 is 5.11 Å². The smallest absolute Gasteiger partial charge is 0.0644 e. The van der Waals surface area contributed by atoms with Crippen molar-refractivity contribution in [2.75, 3.05) is 19.7 Å². The molecule has 1 fully saturated rings. The van der Waals surface area contributed by atoms with Crippen LogP contribution in [-0.2, 0) is 13.0 Å². The Kier molecular flexibility index (Phi) is 3.13. The van der Waals surface area contributed by atoms with Crippen LogP contribution in [0.4, 0.5) is 0 Å². The van der Waals surface area contributed by atoms with Gasteiger partial charge in [-0.1, -0.05) is 0 Å². The van der Waals surface area contributed by atoms with Gasteiger partial charge in [0.05, 0.1) is 19.3 Å². The van der Waals surface area contributed by atoms with Gasteiger partial charge >= 0.3 is 0 Å². The number of nitrogens with zero attached hydrogens (tertiary/aromatic N) is 2. The lowest BCUT2D eigenvalue weighted by atomic mass is 9.92. The summed E-state index contributed by atoms with van der Waals surface area (Å²) in [4.78, 5) is 0. The van der Waals surface area contributed by atoms with E-state index in [0.29, 0.717) is 18.6 Å². The summed E-state index contributed by atoms with van der Waals surface area (Å²) < 4.78 is 1.96. The molecule has 94 valence electrons. The Bertz CT molecular complexity index is 386. The summed E-state index contributed by atoms with van der Waals surface area (Å²) in [5, 5.41) is 20.4. The number of aromatic nitrogens is 2. The molecule has 0 aromatic carbocycles. The molecule has 0 saturated carbocycles. The first-order chi connectivity index (χ1) is 8.38. The lowest BCUT2D eigenvalue weighted by molar-refractivity contribution is 0.265. The van der Waals surface area contributed by atoms with Crippen LogP contribution < -0.4 is 10.6 Å². The summed E-state index contributed by atoms with van der Waals surface area (Å²) in [7, 11) is 0. The molecule has 0 bridgehead atoms. The lowest BCUT2D eigenvalue weighted by Gasteiger charge is -2.34. The van der Waals surface area contributed by atoms with E-state index in [4.69, 9.17) is 5.11 Å². The number of nitrogens with one attached hydrogen (secondary N) is 2. The number of fused-ring (bicyclic) bond motifs is 1. The summed E-state index contributed by atoms with van der Waals surface area (Å²) >= 11 is 0. The molecule has 0 radical (unpaired) electrons. The molecule has 5 nitrogen and oxygen atoms in total. The van der Waals surface area contributed by atoms with E-state index in [0.717, 1.165) is 19.5 Å². The zero-order valence-corrected chi connectivity index (χ0v) is 10.0. The molecule has 1 aromatic heterocycles. The van der Waals surface area contributed by atoms with Gasteiger partial charge in [0.15, 0.2) is 0 Å². The highest BCUT2D eigenvalue weighted by atomic mass is 16.3. The summed E-state index contributed by atoms with van der Waals surface area (Å²) in [6, 6.07) is 1.07. The third kappa shape index (κ3) is 2.10. The Morgan fingerprint density at radius 3 is 3.12 bits per heavy atom. The van der Waals surface area contributed by atoms with E-state index in [1.54, 1.807) is 0 Å². The highest BCUT2D eigenvalue weighted by Crippen LogP contribution is 2.30. The van der Waals surface area contributed by atoms with Crippen molar-refractivity contribution >= 4 is 0 Å². The number of hydrogen-bond acceptors (Lipinski definition) is 4. The van der Waals surface area contributed by atoms with Gasteiger partial charge in [0.1, 0.15) is 0 Å². The van der Waals surface area contributed by atoms with Gasteiger partial charge < -0.3 is 15.7 Å². The molecular weight excluding hydrogens is 216 g/mol. The topological polar surface area (TPSA) is 62.1 Å². The summed E-state index contributed by atoms with van der Waals surface area (Å²) in [6.45, 7) is 2.94. The number of rotatable bonds is 4. The Balaban J connectivity index is 1.76. The maximum absolute atomic E-state index is 9.01. The van der Waals surface area contributed by atoms with Crippen molar-refractivity contribution in [1.29, 1.82) is 0 Å². The highest BCUT2D eigenvalue weighted by Gasteiger charge is 2.27. The van der Waals surface area contributed by atoms with Crippen molar-refractivity contribution in [3.8, 4) is 0 Å². The minimum atomic E-state index is 0.165. The fraction of sp³-hybridized carbons (Fsp3) is 0.750. The van der Waals surface area contributed by atoms with Crippen LogP contribution in [0.5, 0.6) is 0 Å². The van der Waals surface area contributed by atoms with Crippen molar-refractivity contribution in [1.82, 2.24) is 20.4 Å². The van der Waals surface area contributed by atoms with Crippen molar-refractivity contribution in [3.63, 3.8) is 0 Å². The molecule has 3 N–H and O–H groups in total. The number of aliphatic hydroxyl groups is 1. The third-order valence-electron chi connectivity index (χ3n) is 3.79. The van der Waals surface area contributed by atoms with Crippen molar-refractivity contribution in [3.05, 3.63) is 17.5 Å². The first-order valence-electron chi connectivity index (χ1n) is 6.50. The van der Waals surface area contributed by atoms with Crippen LogP contribution >= 0.6 is 0 Å². The predicted octanol–water partition coefficient (Wildman–Crippen LogP) is -0.186. The average Bonchev–Trinajstić information content (AvgIpc) is 2.69. The molecule has 0 amide bonds. The maximum atomic E-state index is 9.01. The third-order valence-corrected chi connectivity index (χ3v) is 3.79. The Morgan fingerprint density at radius 1 is 1.53 bits per heavy atom. The zero-order valence-electron chi connectivity index (χ0n) is 10.0. The fourth-order valence-electron chi connectivity index (χ4n) is 2.77. The van der Waals surface area contributed by atoms with Crippen molar-refractivity contribution in [2.24, 2.45) is 0 Å². The van der Waals surface area contributed by atoms with E-state index in [1.807, 2.05) is 10.9 Å². The van der Waals surface area contributed by atoms with Crippen LogP contribution in [0.15, 0.2) is 6.20 Å². The van der Waals surface area contributed by atoms with Gasteiger partial charge in [-0.15, -0.1) is 0 Å². The molecule has 3 rings (SSSR count). The van der Waals surface area contributed by atoms with E-state index in [9.17, 15) is 0 Å². The first kappa shape index (κ1) is 11.2. The quantitative estimate of drug-likeness (QED) is 0.678. The normalized spacial score (nSPS) is 24.4. The Hall–Kier alpha value is -0.910. The summed E-state index contributed by atoms with van der Waals surface area (Å²) in [5.74, 6) is 0. The standard InChI is InChI=1S/C12H20N4O/c17-5-4-16-12-3-1-2-11(10(12)8-14-16)15-9-6-13-7-9/h8-9,11,13,15,17H,1-7H2. The van der Waals surface area contributed by atoms with Gasteiger partial charge in [-0.25, -0.2) is 0 Å². The van der Waals surface area contributed by atoms with Gasteiger partial charge in [-0.3, -0.25) is 4.68 Å². The molecular formula is C12H20N4O. The zero-order chi connectivity index (χ0) is 11.7. The predicted molar refractivity (Wildman–Crippen MR) is 64.8 cm³/mol. The molecule has 2 heterocycles.